The Morgan fingerprint density at radius 1 is 1.32 bits per heavy atom. The summed E-state index contributed by atoms with van der Waals surface area (Å²) in [5.41, 5.74) is 3.05. The molecule has 2 unspecified atom stereocenters. The standard InChI is InChI=1S/C23H25Cl2NO4.ClH/c24-16-3-5-21-19(11-16)18(20-12-17(25)4-6-22(20)30-14-29-21)2-1-8-26-9-7-15(13-26)10-23(27)28;/h2-6,11,15,17H,1,7-10,12-14H2,(H,27,28);1H. The quantitative estimate of drug-likeness (QED) is 0.555. The zero-order valence-corrected chi connectivity index (χ0v) is 19.4. The summed E-state index contributed by atoms with van der Waals surface area (Å²) >= 11 is 12.7. The number of carboxylic acids is 1. The fourth-order valence-electron chi connectivity index (χ4n) is 4.35. The van der Waals surface area contributed by atoms with Crippen LogP contribution in [0.2, 0.25) is 5.02 Å². The minimum Gasteiger partial charge on any atom is -0.481 e. The van der Waals surface area contributed by atoms with Crippen LogP contribution >= 0.6 is 35.6 Å². The Hall–Kier alpha value is -1.66. The number of hydrogen-bond acceptors (Lipinski definition) is 4. The van der Waals surface area contributed by atoms with Crippen molar-refractivity contribution >= 4 is 47.2 Å². The molecule has 1 aliphatic carbocycles. The summed E-state index contributed by atoms with van der Waals surface area (Å²) < 4.78 is 11.7. The van der Waals surface area contributed by atoms with Gasteiger partial charge in [0.15, 0.2) is 0 Å². The van der Waals surface area contributed by atoms with Crippen LogP contribution in [0.5, 0.6) is 5.75 Å². The minimum atomic E-state index is -0.715. The largest absolute Gasteiger partial charge is 0.481 e. The van der Waals surface area contributed by atoms with Crippen LogP contribution in [0, 0.1) is 5.92 Å². The summed E-state index contributed by atoms with van der Waals surface area (Å²) in [7, 11) is 0. The lowest BCUT2D eigenvalue weighted by Gasteiger charge is -2.26. The average Bonchev–Trinajstić information content (AvgIpc) is 3.13. The molecule has 2 atom stereocenters. The molecular weight excluding hydrogens is 461 g/mol. The van der Waals surface area contributed by atoms with Gasteiger partial charge in [0.25, 0.3) is 0 Å². The number of ether oxygens (including phenoxy) is 2. The van der Waals surface area contributed by atoms with Gasteiger partial charge in [-0.2, -0.15) is 0 Å². The van der Waals surface area contributed by atoms with E-state index in [1.54, 1.807) is 0 Å². The highest BCUT2D eigenvalue weighted by Crippen LogP contribution is 2.41. The van der Waals surface area contributed by atoms with Gasteiger partial charge in [-0.15, -0.1) is 24.0 Å². The van der Waals surface area contributed by atoms with Crippen molar-refractivity contribution in [2.75, 3.05) is 26.4 Å². The zero-order valence-electron chi connectivity index (χ0n) is 17.1. The summed E-state index contributed by atoms with van der Waals surface area (Å²) in [5.74, 6) is 1.05. The monoisotopic (exact) mass is 485 g/mol. The number of likely N-dealkylation sites (tertiary alicyclic amines) is 1. The third-order valence-corrected chi connectivity index (χ3v) is 6.30. The molecule has 0 radical (unpaired) electrons. The third kappa shape index (κ3) is 5.98. The van der Waals surface area contributed by atoms with Crippen molar-refractivity contribution in [1.82, 2.24) is 4.90 Å². The van der Waals surface area contributed by atoms with E-state index < -0.39 is 5.97 Å². The van der Waals surface area contributed by atoms with Crippen LogP contribution in [0.4, 0.5) is 0 Å². The molecule has 1 aromatic rings. The molecule has 8 heteroatoms. The molecule has 0 saturated carbocycles. The average molecular weight is 487 g/mol. The maximum Gasteiger partial charge on any atom is 0.303 e. The molecule has 0 bridgehead atoms. The summed E-state index contributed by atoms with van der Waals surface area (Å²) in [4.78, 5) is 13.3. The van der Waals surface area contributed by atoms with Gasteiger partial charge in [-0.1, -0.05) is 23.8 Å². The van der Waals surface area contributed by atoms with Crippen molar-refractivity contribution in [2.45, 2.75) is 31.1 Å². The van der Waals surface area contributed by atoms with E-state index in [9.17, 15) is 4.79 Å². The van der Waals surface area contributed by atoms with Crippen LogP contribution in [0.15, 0.2) is 47.8 Å². The van der Waals surface area contributed by atoms with Crippen molar-refractivity contribution in [3.05, 3.63) is 58.3 Å². The van der Waals surface area contributed by atoms with Gasteiger partial charge >= 0.3 is 5.97 Å². The highest BCUT2D eigenvalue weighted by Gasteiger charge is 2.26. The number of halogens is 3. The number of benzene rings is 1. The number of fused-ring (bicyclic) bond motifs is 1. The van der Waals surface area contributed by atoms with Crippen molar-refractivity contribution in [3.8, 4) is 5.75 Å². The normalized spacial score (nSPS) is 24.4. The van der Waals surface area contributed by atoms with E-state index in [1.807, 2.05) is 30.4 Å². The van der Waals surface area contributed by atoms with Gasteiger partial charge < -0.3 is 19.5 Å². The molecule has 1 N–H and O–H groups in total. The molecular formula is C23H26Cl3NO4. The number of carboxylic acid groups (broad SMARTS) is 1. The van der Waals surface area contributed by atoms with Crippen molar-refractivity contribution in [2.24, 2.45) is 5.92 Å². The fourth-order valence-corrected chi connectivity index (χ4v) is 4.74. The molecule has 1 aromatic carbocycles. The van der Waals surface area contributed by atoms with Gasteiger partial charge in [0.1, 0.15) is 11.5 Å². The first-order valence-corrected chi connectivity index (χ1v) is 11.1. The molecule has 0 aromatic heterocycles. The fraction of sp³-hybridized carbons (Fsp3) is 0.435. The Morgan fingerprint density at radius 3 is 2.97 bits per heavy atom. The Labute approximate surface area is 198 Å². The van der Waals surface area contributed by atoms with E-state index in [2.05, 4.69) is 11.0 Å². The Morgan fingerprint density at radius 2 is 2.16 bits per heavy atom. The summed E-state index contributed by atoms with van der Waals surface area (Å²) in [6.07, 6.45) is 8.75. The first kappa shape index (κ1) is 24.0. The van der Waals surface area contributed by atoms with Crippen LogP contribution in [-0.2, 0) is 9.53 Å². The van der Waals surface area contributed by atoms with Gasteiger partial charge in [0.05, 0.1) is 5.38 Å². The summed E-state index contributed by atoms with van der Waals surface area (Å²) in [5, 5.41) is 9.58. The Balaban J connectivity index is 0.00000272. The van der Waals surface area contributed by atoms with Gasteiger partial charge in [-0.25, -0.2) is 0 Å². The number of rotatable bonds is 5. The molecule has 168 valence electrons. The molecule has 4 rings (SSSR count). The molecule has 0 spiro atoms. The van der Waals surface area contributed by atoms with Crippen molar-refractivity contribution in [3.63, 3.8) is 0 Å². The molecule has 3 aliphatic rings. The Bertz CT molecular complexity index is 912. The molecule has 2 heterocycles. The Kier molecular flexibility index (Phi) is 8.34. The summed E-state index contributed by atoms with van der Waals surface area (Å²) in [6, 6.07) is 5.61. The highest BCUT2D eigenvalue weighted by molar-refractivity contribution is 6.30. The van der Waals surface area contributed by atoms with Crippen LogP contribution in [0.25, 0.3) is 5.57 Å². The topological polar surface area (TPSA) is 59.0 Å². The van der Waals surface area contributed by atoms with Crippen molar-refractivity contribution in [1.29, 1.82) is 0 Å². The van der Waals surface area contributed by atoms with Crippen LogP contribution in [0.1, 0.15) is 31.2 Å². The van der Waals surface area contributed by atoms with Gasteiger partial charge in [0, 0.05) is 35.7 Å². The van der Waals surface area contributed by atoms with Gasteiger partial charge in [-0.3, -0.25) is 4.79 Å². The van der Waals surface area contributed by atoms with E-state index in [4.69, 9.17) is 37.8 Å². The van der Waals surface area contributed by atoms with Crippen LogP contribution in [0.3, 0.4) is 0 Å². The maximum atomic E-state index is 11.0. The third-order valence-electron chi connectivity index (χ3n) is 5.77. The number of allylic oxidation sites excluding steroid dienone is 4. The second-order valence-corrected chi connectivity index (χ2v) is 8.93. The lowest BCUT2D eigenvalue weighted by molar-refractivity contribution is -0.138. The lowest BCUT2D eigenvalue weighted by Crippen LogP contribution is -2.22. The number of carbonyl (C=O) groups is 1. The molecule has 2 aliphatic heterocycles. The highest BCUT2D eigenvalue weighted by atomic mass is 35.5. The SMILES string of the molecule is Cl.O=C(O)CC1CCN(CCC=C2C3=C(C=CC(Cl)C3)OCOc3ccc(Cl)cc32)C1. The number of aliphatic carboxylic acids is 1. The predicted octanol–water partition coefficient (Wildman–Crippen LogP) is 5.52. The van der Waals surface area contributed by atoms with E-state index in [-0.39, 0.29) is 36.9 Å². The first-order chi connectivity index (χ1) is 14.5. The van der Waals surface area contributed by atoms with Crippen molar-refractivity contribution < 1.29 is 19.4 Å². The second kappa shape index (κ2) is 10.8. The molecule has 31 heavy (non-hydrogen) atoms. The molecule has 0 amide bonds. The van der Waals surface area contributed by atoms with Crippen LogP contribution < -0.4 is 4.74 Å². The van der Waals surface area contributed by atoms with E-state index in [1.165, 1.54) is 0 Å². The lowest BCUT2D eigenvalue weighted by atomic mass is 9.89. The minimum absolute atomic E-state index is 0. The smallest absolute Gasteiger partial charge is 0.303 e. The van der Waals surface area contributed by atoms with E-state index in [0.29, 0.717) is 11.4 Å². The van der Waals surface area contributed by atoms with Gasteiger partial charge in [-0.05, 0) is 61.6 Å². The zero-order chi connectivity index (χ0) is 21.1. The number of nitrogens with zero attached hydrogens (tertiary/aromatic N) is 1. The maximum absolute atomic E-state index is 11.0. The predicted molar refractivity (Wildman–Crippen MR) is 125 cm³/mol. The summed E-state index contributed by atoms with van der Waals surface area (Å²) in [6.45, 7) is 2.79. The van der Waals surface area contributed by atoms with Crippen LogP contribution in [-0.4, -0.2) is 47.8 Å². The number of hydrogen-bond donors (Lipinski definition) is 1. The van der Waals surface area contributed by atoms with E-state index >= 15 is 0 Å². The van der Waals surface area contributed by atoms with Gasteiger partial charge in [0.2, 0.25) is 6.79 Å². The number of alkyl halides is 1. The molecule has 1 saturated heterocycles. The van der Waals surface area contributed by atoms with E-state index in [0.717, 1.165) is 60.7 Å². The first-order valence-electron chi connectivity index (χ1n) is 10.2. The second-order valence-electron chi connectivity index (χ2n) is 7.93. The molecule has 5 nitrogen and oxygen atoms in total. The molecule has 1 fully saturated rings.